The molecule has 1 aromatic rings. The van der Waals surface area contributed by atoms with Crippen molar-refractivity contribution in [1.29, 1.82) is 0 Å². The molecule has 0 unspecified atom stereocenters. The number of nitrogens with one attached hydrogen (secondary N) is 1. The number of amides is 1. The Kier molecular flexibility index (Phi) is 4.04. The second-order valence-electron chi connectivity index (χ2n) is 2.57. The Bertz CT molecular complexity index is 321. The van der Waals surface area contributed by atoms with Crippen molar-refractivity contribution in [3.63, 3.8) is 0 Å². The summed E-state index contributed by atoms with van der Waals surface area (Å²) in [6.45, 7) is -0.0484. The smallest absolute Gasteiger partial charge is 0.257 e. The fourth-order valence-electron chi connectivity index (χ4n) is 0.833. The lowest BCUT2D eigenvalue weighted by molar-refractivity contribution is -0.122. The van der Waals surface area contributed by atoms with Crippen LogP contribution >= 0.6 is 23.2 Å². The molecule has 1 rings (SSSR count). The number of halogens is 2. The summed E-state index contributed by atoms with van der Waals surface area (Å²) < 4.78 is 5.14. The number of carbonyl (C=O) groups is 1. The maximum absolute atomic E-state index is 10.9. The lowest BCUT2D eigenvalue weighted by atomic mass is 10.3. The molecule has 76 valence electrons. The Labute approximate surface area is 92.0 Å². The molecule has 0 heterocycles. The number of carbonyl (C=O) groups excluding carboxylic acids is 1. The molecular formula is C9H9Cl2NO2. The Balaban J connectivity index is 2.63. The number of likely N-dealkylation sites (N-methyl/N-ethyl adjacent to an activating group) is 1. The van der Waals surface area contributed by atoms with Gasteiger partial charge >= 0.3 is 0 Å². The normalized spacial score (nSPS) is 9.64. The molecule has 0 spiro atoms. The summed E-state index contributed by atoms with van der Waals surface area (Å²) in [6, 6.07) is 4.78. The summed E-state index contributed by atoms with van der Waals surface area (Å²) in [7, 11) is 1.54. The molecule has 0 atom stereocenters. The minimum absolute atomic E-state index is 0.0484. The van der Waals surface area contributed by atoms with Crippen LogP contribution in [0.4, 0.5) is 0 Å². The van der Waals surface area contributed by atoms with Gasteiger partial charge in [0.1, 0.15) is 5.75 Å². The molecule has 14 heavy (non-hydrogen) atoms. The first-order valence-corrected chi connectivity index (χ1v) is 4.67. The third kappa shape index (κ3) is 3.44. The van der Waals surface area contributed by atoms with Crippen molar-refractivity contribution in [2.45, 2.75) is 0 Å². The summed E-state index contributed by atoms with van der Waals surface area (Å²) in [5.74, 6) is 0.271. The zero-order valence-electron chi connectivity index (χ0n) is 7.51. The van der Waals surface area contributed by atoms with Gasteiger partial charge < -0.3 is 10.1 Å². The maximum atomic E-state index is 10.9. The first-order valence-electron chi connectivity index (χ1n) is 3.91. The standard InChI is InChI=1S/C9H9Cl2NO2/c1-12-9(13)5-14-8-3-6(10)2-7(11)4-8/h2-4H,5H2,1H3,(H,12,13). The van der Waals surface area contributed by atoms with Gasteiger partial charge in [0.15, 0.2) is 6.61 Å². The third-order valence-corrected chi connectivity index (χ3v) is 1.92. The van der Waals surface area contributed by atoms with Crippen LogP contribution in [0.25, 0.3) is 0 Å². The lowest BCUT2D eigenvalue weighted by Gasteiger charge is -2.05. The van der Waals surface area contributed by atoms with Crippen molar-refractivity contribution >= 4 is 29.1 Å². The van der Waals surface area contributed by atoms with Gasteiger partial charge in [-0.1, -0.05) is 23.2 Å². The van der Waals surface area contributed by atoms with Gasteiger partial charge in [-0.2, -0.15) is 0 Å². The molecule has 0 saturated carbocycles. The highest BCUT2D eigenvalue weighted by Gasteiger charge is 2.02. The van der Waals surface area contributed by atoms with E-state index in [0.29, 0.717) is 15.8 Å². The van der Waals surface area contributed by atoms with Crippen LogP contribution in [0.5, 0.6) is 5.75 Å². The molecule has 1 amide bonds. The van der Waals surface area contributed by atoms with Gasteiger partial charge in [-0.3, -0.25) is 4.79 Å². The predicted molar refractivity (Wildman–Crippen MR) is 56.0 cm³/mol. The van der Waals surface area contributed by atoms with E-state index in [1.807, 2.05) is 0 Å². The van der Waals surface area contributed by atoms with Crippen molar-refractivity contribution in [1.82, 2.24) is 5.32 Å². The van der Waals surface area contributed by atoms with Gasteiger partial charge in [0.25, 0.3) is 5.91 Å². The molecule has 1 aromatic carbocycles. The molecule has 0 aliphatic heterocycles. The van der Waals surface area contributed by atoms with Crippen LogP contribution < -0.4 is 10.1 Å². The summed E-state index contributed by atoms with van der Waals surface area (Å²) in [6.07, 6.45) is 0. The van der Waals surface area contributed by atoms with E-state index in [0.717, 1.165) is 0 Å². The van der Waals surface area contributed by atoms with Gasteiger partial charge in [0.05, 0.1) is 0 Å². The summed E-state index contributed by atoms with van der Waals surface area (Å²) in [5, 5.41) is 3.39. The second kappa shape index (κ2) is 5.08. The van der Waals surface area contributed by atoms with Crippen LogP contribution in [0.15, 0.2) is 18.2 Å². The zero-order chi connectivity index (χ0) is 10.6. The molecule has 3 nitrogen and oxygen atoms in total. The molecular weight excluding hydrogens is 225 g/mol. The summed E-state index contributed by atoms with van der Waals surface area (Å²) in [4.78, 5) is 10.9. The van der Waals surface area contributed by atoms with Crippen LogP contribution in [0.2, 0.25) is 10.0 Å². The molecule has 0 saturated heterocycles. The molecule has 1 N–H and O–H groups in total. The zero-order valence-corrected chi connectivity index (χ0v) is 9.02. The highest BCUT2D eigenvalue weighted by molar-refractivity contribution is 6.34. The van der Waals surface area contributed by atoms with Crippen molar-refractivity contribution < 1.29 is 9.53 Å². The van der Waals surface area contributed by atoms with Gasteiger partial charge in [0, 0.05) is 17.1 Å². The summed E-state index contributed by atoms with van der Waals surface area (Å²) in [5.41, 5.74) is 0. The van der Waals surface area contributed by atoms with E-state index in [9.17, 15) is 4.79 Å². The Hall–Kier alpha value is -0.930. The van der Waals surface area contributed by atoms with E-state index in [1.165, 1.54) is 7.05 Å². The first-order chi connectivity index (χ1) is 6.61. The van der Waals surface area contributed by atoms with E-state index in [4.69, 9.17) is 27.9 Å². The van der Waals surface area contributed by atoms with Crippen molar-refractivity contribution in [3.05, 3.63) is 28.2 Å². The molecule has 0 aliphatic carbocycles. The average molecular weight is 234 g/mol. The third-order valence-electron chi connectivity index (χ3n) is 1.48. The van der Waals surface area contributed by atoms with Crippen molar-refractivity contribution in [2.24, 2.45) is 0 Å². The van der Waals surface area contributed by atoms with Gasteiger partial charge in [-0.15, -0.1) is 0 Å². The summed E-state index contributed by atoms with van der Waals surface area (Å²) >= 11 is 11.5. The molecule has 0 fully saturated rings. The van der Waals surface area contributed by atoms with E-state index in [2.05, 4.69) is 5.32 Å². The monoisotopic (exact) mass is 233 g/mol. The molecule has 0 aliphatic rings. The van der Waals surface area contributed by atoms with Crippen LogP contribution in [0.3, 0.4) is 0 Å². The van der Waals surface area contributed by atoms with Crippen LogP contribution in [-0.4, -0.2) is 19.6 Å². The van der Waals surface area contributed by atoms with Gasteiger partial charge in [-0.05, 0) is 18.2 Å². The number of hydrogen-bond donors (Lipinski definition) is 1. The number of hydrogen-bond acceptors (Lipinski definition) is 2. The topological polar surface area (TPSA) is 38.3 Å². The predicted octanol–water partition coefficient (Wildman–Crippen LogP) is 2.12. The average Bonchev–Trinajstić information content (AvgIpc) is 2.12. The van der Waals surface area contributed by atoms with Gasteiger partial charge in [0.2, 0.25) is 0 Å². The van der Waals surface area contributed by atoms with Crippen molar-refractivity contribution in [3.8, 4) is 5.75 Å². The Morgan fingerprint density at radius 2 is 1.93 bits per heavy atom. The minimum Gasteiger partial charge on any atom is -0.484 e. The van der Waals surface area contributed by atoms with E-state index >= 15 is 0 Å². The lowest BCUT2D eigenvalue weighted by Crippen LogP contribution is -2.24. The maximum Gasteiger partial charge on any atom is 0.257 e. The van der Waals surface area contributed by atoms with Crippen LogP contribution in [-0.2, 0) is 4.79 Å². The van der Waals surface area contributed by atoms with E-state index in [-0.39, 0.29) is 12.5 Å². The number of rotatable bonds is 3. The first kappa shape index (κ1) is 11.1. The van der Waals surface area contributed by atoms with Crippen LogP contribution in [0, 0.1) is 0 Å². The fraction of sp³-hybridized carbons (Fsp3) is 0.222. The Morgan fingerprint density at radius 1 is 1.36 bits per heavy atom. The van der Waals surface area contributed by atoms with Crippen molar-refractivity contribution in [2.75, 3.05) is 13.7 Å². The Morgan fingerprint density at radius 3 is 2.43 bits per heavy atom. The molecule has 0 bridgehead atoms. The van der Waals surface area contributed by atoms with E-state index < -0.39 is 0 Å². The fourth-order valence-corrected chi connectivity index (χ4v) is 1.34. The van der Waals surface area contributed by atoms with E-state index in [1.54, 1.807) is 18.2 Å². The highest BCUT2D eigenvalue weighted by atomic mass is 35.5. The largest absolute Gasteiger partial charge is 0.484 e. The molecule has 5 heteroatoms. The number of benzene rings is 1. The minimum atomic E-state index is -0.207. The van der Waals surface area contributed by atoms with Gasteiger partial charge in [-0.25, -0.2) is 0 Å². The molecule has 0 radical (unpaired) electrons. The quantitative estimate of drug-likeness (QED) is 0.869. The highest BCUT2D eigenvalue weighted by Crippen LogP contribution is 2.23. The molecule has 0 aromatic heterocycles. The second-order valence-corrected chi connectivity index (χ2v) is 3.44. The van der Waals surface area contributed by atoms with Crippen LogP contribution in [0.1, 0.15) is 0 Å². The SMILES string of the molecule is CNC(=O)COc1cc(Cl)cc(Cl)c1. The number of ether oxygens (including phenoxy) is 1.